The van der Waals surface area contributed by atoms with Crippen LogP contribution in [-0.2, 0) is 6.42 Å². The Morgan fingerprint density at radius 2 is 0.857 bits per heavy atom. The number of hydrogen-bond donors (Lipinski definition) is 1. The zero-order valence-corrected chi connectivity index (χ0v) is 36.0. The van der Waals surface area contributed by atoms with Crippen molar-refractivity contribution in [3.8, 4) is 34.3 Å². The zero-order chi connectivity index (χ0) is 39.9. The van der Waals surface area contributed by atoms with E-state index < -0.39 is 0 Å². The topological polar surface area (TPSA) is 82.7 Å². The maximum absolute atomic E-state index is 13.6. The van der Waals surface area contributed by atoms with E-state index in [1.165, 1.54) is 122 Å². The van der Waals surface area contributed by atoms with Crippen LogP contribution in [0.25, 0.3) is 11.3 Å². The van der Waals surface area contributed by atoms with Gasteiger partial charge in [-0.3, -0.25) is 9.89 Å². The average Bonchev–Trinajstić information content (AvgIpc) is 3.68. The van der Waals surface area contributed by atoms with E-state index in [2.05, 4.69) is 37.9 Å². The summed E-state index contributed by atoms with van der Waals surface area (Å²) < 4.78 is 25.0. The van der Waals surface area contributed by atoms with Crippen molar-refractivity contribution in [3.05, 3.63) is 53.7 Å². The second kappa shape index (κ2) is 30.6. The van der Waals surface area contributed by atoms with Crippen LogP contribution in [0.1, 0.15) is 198 Å². The molecule has 1 heterocycles. The first-order chi connectivity index (χ1) is 27.6. The number of aromatic amines is 1. The molecule has 0 aliphatic carbocycles. The Morgan fingerprint density at radius 1 is 0.464 bits per heavy atom. The number of H-pyrrole nitrogens is 1. The normalized spacial score (nSPS) is 11.2. The lowest BCUT2D eigenvalue weighted by Crippen LogP contribution is -2.07. The molecule has 2 aromatic carbocycles. The predicted molar refractivity (Wildman–Crippen MR) is 234 cm³/mol. The molecular formula is C49H78N2O5. The average molecular weight is 775 g/mol. The summed E-state index contributed by atoms with van der Waals surface area (Å²) in [5.74, 6) is 2.93. The maximum Gasteiger partial charge on any atom is 0.168 e. The molecule has 56 heavy (non-hydrogen) atoms. The molecular weight excluding hydrogens is 697 g/mol. The van der Waals surface area contributed by atoms with Crippen molar-refractivity contribution in [2.24, 2.45) is 0 Å². The number of nitrogens with one attached hydrogen (secondary N) is 1. The van der Waals surface area contributed by atoms with Gasteiger partial charge in [-0.2, -0.15) is 5.10 Å². The van der Waals surface area contributed by atoms with Gasteiger partial charge in [0.15, 0.2) is 28.8 Å². The van der Waals surface area contributed by atoms with E-state index in [1.54, 1.807) is 0 Å². The SMILES string of the molecule is CCCCCCCCOc1ccc(C(=O)Cc2cc(-c3ccc(OCCCCCCCC)c(OCCCCCCCC)c3)n[nH]2)cc1OCCCCCCCC. The Balaban J connectivity index is 1.64. The van der Waals surface area contributed by atoms with Gasteiger partial charge >= 0.3 is 0 Å². The molecule has 0 amide bonds. The number of hydrogen-bond acceptors (Lipinski definition) is 6. The molecule has 0 aliphatic heterocycles. The number of unbranched alkanes of at least 4 members (excludes halogenated alkanes) is 20. The fraction of sp³-hybridized carbons (Fsp3) is 0.673. The highest BCUT2D eigenvalue weighted by Crippen LogP contribution is 2.34. The molecule has 7 heteroatoms. The monoisotopic (exact) mass is 775 g/mol. The standard InChI is InChI=1S/C49H78N2O5/c1-5-9-13-17-21-25-33-53-46-31-29-41(37-48(46)55-35-27-23-19-15-11-7-3)44-39-43(50-51-44)40-45(52)42-30-32-47(54-34-26-22-18-14-10-6-2)49(38-42)56-36-28-24-20-16-12-8-4/h29-32,37-39H,5-28,33-36,40H2,1-4H3,(H,50,51). The Morgan fingerprint density at radius 3 is 1.32 bits per heavy atom. The van der Waals surface area contributed by atoms with Crippen molar-refractivity contribution in [2.45, 2.75) is 188 Å². The number of rotatable bonds is 36. The van der Waals surface area contributed by atoms with Gasteiger partial charge < -0.3 is 18.9 Å². The van der Waals surface area contributed by atoms with Gasteiger partial charge in [-0.15, -0.1) is 0 Å². The van der Waals surface area contributed by atoms with Gasteiger partial charge in [0, 0.05) is 16.8 Å². The van der Waals surface area contributed by atoms with Gasteiger partial charge in [0.05, 0.1) is 38.5 Å². The van der Waals surface area contributed by atoms with E-state index in [9.17, 15) is 4.79 Å². The number of ether oxygens (including phenoxy) is 4. The van der Waals surface area contributed by atoms with Gasteiger partial charge in [0.25, 0.3) is 0 Å². The lowest BCUT2D eigenvalue weighted by Gasteiger charge is -2.14. The summed E-state index contributed by atoms with van der Waals surface area (Å²) in [6.07, 6.45) is 29.3. The van der Waals surface area contributed by atoms with Crippen LogP contribution < -0.4 is 18.9 Å². The zero-order valence-electron chi connectivity index (χ0n) is 36.0. The molecule has 0 spiro atoms. The second-order valence-corrected chi connectivity index (χ2v) is 15.7. The molecule has 3 aromatic rings. The van der Waals surface area contributed by atoms with Crippen molar-refractivity contribution in [1.82, 2.24) is 10.2 Å². The fourth-order valence-corrected chi connectivity index (χ4v) is 6.95. The van der Waals surface area contributed by atoms with Crippen LogP contribution in [0, 0.1) is 0 Å². The van der Waals surface area contributed by atoms with E-state index in [-0.39, 0.29) is 12.2 Å². The minimum atomic E-state index is 0.00786. The molecule has 0 unspecified atom stereocenters. The van der Waals surface area contributed by atoms with Crippen LogP contribution >= 0.6 is 0 Å². The molecule has 0 radical (unpaired) electrons. The molecule has 0 aliphatic rings. The minimum Gasteiger partial charge on any atom is -0.490 e. The third-order valence-corrected chi connectivity index (χ3v) is 10.5. The van der Waals surface area contributed by atoms with Gasteiger partial charge in [0.2, 0.25) is 0 Å². The summed E-state index contributed by atoms with van der Waals surface area (Å²) in [6, 6.07) is 13.7. The van der Waals surface area contributed by atoms with Crippen LogP contribution in [0.3, 0.4) is 0 Å². The van der Waals surface area contributed by atoms with E-state index in [0.29, 0.717) is 37.7 Å². The molecule has 0 bridgehead atoms. The summed E-state index contributed by atoms with van der Waals surface area (Å²) in [6.45, 7) is 11.6. The lowest BCUT2D eigenvalue weighted by molar-refractivity contribution is 0.0991. The first kappa shape index (κ1) is 46.9. The fourth-order valence-electron chi connectivity index (χ4n) is 6.95. The number of nitrogens with zero attached hydrogens (tertiary/aromatic N) is 1. The van der Waals surface area contributed by atoms with Crippen LogP contribution in [0.4, 0.5) is 0 Å². The summed E-state index contributed by atoms with van der Waals surface area (Å²) in [5, 5.41) is 7.73. The van der Waals surface area contributed by atoms with Gasteiger partial charge in [-0.05, 0) is 68.1 Å². The van der Waals surface area contributed by atoms with Crippen molar-refractivity contribution in [3.63, 3.8) is 0 Å². The first-order valence-corrected chi connectivity index (χ1v) is 23.0. The highest BCUT2D eigenvalue weighted by Gasteiger charge is 2.16. The van der Waals surface area contributed by atoms with Crippen molar-refractivity contribution in [1.29, 1.82) is 0 Å². The van der Waals surface area contributed by atoms with Gasteiger partial charge in [-0.1, -0.05) is 156 Å². The Kier molecular flexibility index (Phi) is 25.7. The van der Waals surface area contributed by atoms with Crippen molar-refractivity contribution in [2.75, 3.05) is 26.4 Å². The Labute approximate surface area is 341 Å². The number of Topliss-reactive ketones (excluding diaryl/α,β-unsaturated/α-hetero) is 1. The largest absolute Gasteiger partial charge is 0.490 e. The van der Waals surface area contributed by atoms with E-state index in [4.69, 9.17) is 18.9 Å². The van der Waals surface area contributed by atoms with Gasteiger partial charge in [-0.25, -0.2) is 0 Å². The maximum atomic E-state index is 13.6. The third kappa shape index (κ3) is 19.6. The van der Waals surface area contributed by atoms with Crippen LogP contribution in [0.15, 0.2) is 42.5 Å². The number of ketones is 1. The molecule has 0 saturated carbocycles. The summed E-state index contributed by atoms with van der Waals surface area (Å²) in [7, 11) is 0. The molecule has 0 fully saturated rings. The summed E-state index contributed by atoms with van der Waals surface area (Å²) in [5.41, 5.74) is 3.09. The summed E-state index contributed by atoms with van der Waals surface area (Å²) in [4.78, 5) is 13.6. The molecule has 0 saturated heterocycles. The highest BCUT2D eigenvalue weighted by molar-refractivity contribution is 5.98. The van der Waals surface area contributed by atoms with Crippen LogP contribution in [0.5, 0.6) is 23.0 Å². The Bertz CT molecular complexity index is 1440. The quantitative estimate of drug-likeness (QED) is 0.0468. The lowest BCUT2D eigenvalue weighted by atomic mass is 10.0. The van der Waals surface area contributed by atoms with Crippen LogP contribution in [0.2, 0.25) is 0 Å². The molecule has 0 atom stereocenters. The predicted octanol–water partition coefficient (Wildman–Crippen LogP) is 14.5. The molecule has 314 valence electrons. The van der Waals surface area contributed by atoms with Gasteiger partial charge in [0.1, 0.15) is 0 Å². The van der Waals surface area contributed by atoms with Crippen LogP contribution in [-0.4, -0.2) is 42.4 Å². The first-order valence-electron chi connectivity index (χ1n) is 23.0. The molecule has 3 rings (SSSR count). The smallest absolute Gasteiger partial charge is 0.168 e. The molecule has 1 N–H and O–H groups in total. The number of carbonyl (C=O) groups is 1. The Hall–Kier alpha value is -3.48. The second-order valence-electron chi connectivity index (χ2n) is 15.7. The van der Waals surface area contributed by atoms with Crippen molar-refractivity contribution >= 4 is 5.78 Å². The molecule has 1 aromatic heterocycles. The third-order valence-electron chi connectivity index (χ3n) is 10.5. The van der Waals surface area contributed by atoms with E-state index in [0.717, 1.165) is 66.3 Å². The number of benzene rings is 2. The number of carbonyl (C=O) groups excluding carboxylic acids is 1. The molecule has 7 nitrogen and oxygen atoms in total. The number of aromatic nitrogens is 2. The minimum absolute atomic E-state index is 0.00786. The summed E-state index contributed by atoms with van der Waals surface area (Å²) >= 11 is 0. The van der Waals surface area contributed by atoms with E-state index in [1.807, 2.05) is 42.5 Å². The van der Waals surface area contributed by atoms with E-state index >= 15 is 0 Å². The highest BCUT2D eigenvalue weighted by atomic mass is 16.5. The van der Waals surface area contributed by atoms with Crippen molar-refractivity contribution < 1.29 is 23.7 Å².